The van der Waals surface area contributed by atoms with Gasteiger partial charge in [0.1, 0.15) is 11.6 Å². The van der Waals surface area contributed by atoms with Crippen molar-refractivity contribution in [3.63, 3.8) is 0 Å². The van der Waals surface area contributed by atoms with Crippen molar-refractivity contribution in [1.82, 2.24) is 4.98 Å². The molecule has 3 heteroatoms. The Morgan fingerprint density at radius 1 is 1.11 bits per heavy atom. The molecule has 0 aliphatic rings. The number of pyridine rings is 1. The molecule has 3 nitrogen and oxygen atoms in total. The predicted molar refractivity (Wildman–Crippen MR) is 73.8 cm³/mol. The van der Waals surface area contributed by atoms with E-state index in [9.17, 15) is 5.11 Å². The maximum absolute atomic E-state index is 9.67. The van der Waals surface area contributed by atoms with Gasteiger partial charge in [-0.1, -0.05) is 38.1 Å². The first kappa shape index (κ1) is 12.4. The Bertz CT molecular complexity index is 523. The van der Waals surface area contributed by atoms with Crippen LogP contribution in [0.2, 0.25) is 0 Å². The van der Waals surface area contributed by atoms with E-state index in [4.69, 9.17) is 0 Å². The molecule has 0 saturated heterocycles. The van der Waals surface area contributed by atoms with Gasteiger partial charge in [0.05, 0.1) is 0 Å². The Morgan fingerprint density at radius 2 is 1.89 bits per heavy atom. The molecule has 94 valence electrons. The lowest BCUT2D eigenvalue weighted by atomic mass is 10.1. The summed E-state index contributed by atoms with van der Waals surface area (Å²) in [6.07, 6.45) is 0. The Balaban J connectivity index is 2.07. The third-order valence-electron chi connectivity index (χ3n) is 2.81. The maximum atomic E-state index is 9.67. The lowest BCUT2D eigenvalue weighted by Gasteiger charge is -2.10. The number of benzene rings is 1. The number of nitrogens with one attached hydrogen (secondary N) is 1. The van der Waals surface area contributed by atoms with Crippen LogP contribution in [0.3, 0.4) is 0 Å². The van der Waals surface area contributed by atoms with Crippen LogP contribution in [0.15, 0.2) is 42.5 Å². The van der Waals surface area contributed by atoms with Crippen molar-refractivity contribution in [3.05, 3.63) is 53.7 Å². The van der Waals surface area contributed by atoms with Crippen molar-refractivity contribution in [2.24, 2.45) is 0 Å². The zero-order valence-electron chi connectivity index (χ0n) is 10.7. The molecule has 2 rings (SSSR count). The third-order valence-corrected chi connectivity index (χ3v) is 2.81. The minimum absolute atomic E-state index is 0.310. The number of hydrogen-bond donors (Lipinski definition) is 2. The molecule has 1 heterocycles. The normalized spacial score (nSPS) is 10.6. The van der Waals surface area contributed by atoms with Gasteiger partial charge in [-0.25, -0.2) is 4.98 Å². The summed E-state index contributed by atoms with van der Waals surface area (Å²) in [5.74, 6) is 1.56. The molecule has 1 aromatic carbocycles. The van der Waals surface area contributed by atoms with Crippen LogP contribution in [-0.4, -0.2) is 10.1 Å². The van der Waals surface area contributed by atoms with E-state index >= 15 is 0 Å². The number of aromatic hydroxyl groups is 1. The van der Waals surface area contributed by atoms with Crippen molar-refractivity contribution >= 4 is 5.82 Å². The highest BCUT2D eigenvalue weighted by Gasteiger charge is 2.03. The first-order valence-corrected chi connectivity index (χ1v) is 6.14. The quantitative estimate of drug-likeness (QED) is 0.862. The smallest absolute Gasteiger partial charge is 0.126 e. The van der Waals surface area contributed by atoms with Gasteiger partial charge in [-0.3, -0.25) is 0 Å². The van der Waals surface area contributed by atoms with Crippen LogP contribution in [-0.2, 0) is 6.54 Å². The molecular weight excluding hydrogens is 224 g/mol. The van der Waals surface area contributed by atoms with E-state index < -0.39 is 0 Å². The molecule has 0 spiro atoms. The third kappa shape index (κ3) is 3.00. The van der Waals surface area contributed by atoms with Gasteiger partial charge in [0, 0.05) is 17.8 Å². The van der Waals surface area contributed by atoms with E-state index in [2.05, 4.69) is 24.1 Å². The van der Waals surface area contributed by atoms with Gasteiger partial charge >= 0.3 is 0 Å². The molecule has 0 fully saturated rings. The molecule has 1 aromatic heterocycles. The summed E-state index contributed by atoms with van der Waals surface area (Å²) in [6.45, 7) is 4.81. The van der Waals surface area contributed by atoms with Crippen LogP contribution < -0.4 is 5.32 Å². The number of aromatic nitrogens is 1. The van der Waals surface area contributed by atoms with E-state index in [1.165, 1.54) is 0 Å². The summed E-state index contributed by atoms with van der Waals surface area (Å²) in [5, 5.41) is 12.9. The first-order chi connectivity index (χ1) is 8.66. The van der Waals surface area contributed by atoms with Crippen molar-refractivity contribution in [1.29, 1.82) is 0 Å². The Labute approximate surface area is 108 Å². The molecule has 0 amide bonds. The second-order valence-corrected chi connectivity index (χ2v) is 4.58. The molecule has 18 heavy (non-hydrogen) atoms. The van der Waals surface area contributed by atoms with Crippen LogP contribution in [0.25, 0.3) is 0 Å². The zero-order valence-corrected chi connectivity index (χ0v) is 10.7. The highest BCUT2D eigenvalue weighted by atomic mass is 16.3. The van der Waals surface area contributed by atoms with E-state index in [-0.39, 0.29) is 0 Å². The van der Waals surface area contributed by atoms with Crippen molar-refractivity contribution in [2.45, 2.75) is 26.3 Å². The van der Waals surface area contributed by atoms with Crippen LogP contribution in [0, 0.1) is 0 Å². The SMILES string of the molecule is CC(C)c1cccc(NCc2ccccc2O)n1. The number of para-hydroxylation sites is 1. The minimum atomic E-state index is 0.310. The van der Waals surface area contributed by atoms with Gasteiger partial charge in [-0.15, -0.1) is 0 Å². The average Bonchev–Trinajstić information content (AvgIpc) is 2.38. The number of anilines is 1. The Hall–Kier alpha value is -2.03. The maximum Gasteiger partial charge on any atom is 0.126 e. The fourth-order valence-corrected chi connectivity index (χ4v) is 1.72. The molecule has 0 radical (unpaired) electrons. The Morgan fingerprint density at radius 3 is 2.61 bits per heavy atom. The zero-order chi connectivity index (χ0) is 13.0. The summed E-state index contributed by atoms with van der Waals surface area (Å²) < 4.78 is 0. The lowest BCUT2D eigenvalue weighted by molar-refractivity contribution is 0.469. The van der Waals surface area contributed by atoms with Crippen molar-refractivity contribution in [3.8, 4) is 5.75 Å². The predicted octanol–water partition coefficient (Wildman–Crippen LogP) is 3.52. The van der Waals surface area contributed by atoms with Crippen LogP contribution >= 0.6 is 0 Å². The summed E-state index contributed by atoms with van der Waals surface area (Å²) in [7, 11) is 0. The highest BCUT2D eigenvalue weighted by molar-refractivity contribution is 5.40. The van der Waals surface area contributed by atoms with E-state index in [0.717, 1.165) is 17.1 Å². The Kier molecular flexibility index (Phi) is 3.82. The number of rotatable bonds is 4. The van der Waals surface area contributed by atoms with E-state index in [0.29, 0.717) is 18.2 Å². The highest BCUT2D eigenvalue weighted by Crippen LogP contribution is 2.18. The fraction of sp³-hybridized carbons (Fsp3) is 0.267. The number of hydrogen-bond acceptors (Lipinski definition) is 3. The molecular formula is C15H18N2O. The average molecular weight is 242 g/mol. The van der Waals surface area contributed by atoms with Crippen LogP contribution in [0.5, 0.6) is 5.75 Å². The number of phenols is 1. The van der Waals surface area contributed by atoms with Crippen LogP contribution in [0.1, 0.15) is 31.0 Å². The second-order valence-electron chi connectivity index (χ2n) is 4.58. The number of phenolic OH excluding ortho intramolecular Hbond substituents is 1. The van der Waals surface area contributed by atoms with Gasteiger partial charge in [0.25, 0.3) is 0 Å². The fourth-order valence-electron chi connectivity index (χ4n) is 1.72. The van der Waals surface area contributed by atoms with E-state index in [1.54, 1.807) is 6.07 Å². The summed E-state index contributed by atoms with van der Waals surface area (Å²) in [6, 6.07) is 13.3. The first-order valence-electron chi connectivity index (χ1n) is 6.14. The molecule has 0 bridgehead atoms. The van der Waals surface area contributed by atoms with Gasteiger partial charge in [0.15, 0.2) is 0 Å². The summed E-state index contributed by atoms with van der Waals surface area (Å²) in [4.78, 5) is 4.52. The van der Waals surface area contributed by atoms with E-state index in [1.807, 2.05) is 36.4 Å². The molecule has 0 aliphatic heterocycles. The molecule has 2 aromatic rings. The molecule has 0 unspecified atom stereocenters. The van der Waals surface area contributed by atoms with Crippen LogP contribution in [0.4, 0.5) is 5.82 Å². The second kappa shape index (κ2) is 5.54. The molecule has 0 saturated carbocycles. The lowest BCUT2D eigenvalue weighted by Crippen LogP contribution is -2.03. The largest absolute Gasteiger partial charge is 0.508 e. The van der Waals surface area contributed by atoms with Gasteiger partial charge < -0.3 is 10.4 Å². The van der Waals surface area contributed by atoms with Gasteiger partial charge in [0.2, 0.25) is 0 Å². The van der Waals surface area contributed by atoms with Gasteiger partial charge in [-0.05, 0) is 24.1 Å². The summed E-state index contributed by atoms with van der Waals surface area (Å²) >= 11 is 0. The minimum Gasteiger partial charge on any atom is -0.508 e. The van der Waals surface area contributed by atoms with Crippen molar-refractivity contribution < 1.29 is 5.11 Å². The standard InChI is InChI=1S/C15H18N2O/c1-11(2)13-7-5-9-15(17-13)16-10-12-6-3-4-8-14(12)18/h3-9,11,18H,10H2,1-2H3,(H,16,17). The molecule has 0 aliphatic carbocycles. The topological polar surface area (TPSA) is 45.1 Å². The van der Waals surface area contributed by atoms with Gasteiger partial charge in [-0.2, -0.15) is 0 Å². The summed E-state index contributed by atoms with van der Waals surface area (Å²) in [5.41, 5.74) is 1.94. The monoisotopic (exact) mass is 242 g/mol. The number of nitrogens with zero attached hydrogens (tertiary/aromatic N) is 1. The van der Waals surface area contributed by atoms with Crippen molar-refractivity contribution in [2.75, 3.05) is 5.32 Å². The molecule has 2 N–H and O–H groups in total. The molecule has 0 atom stereocenters.